The van der Waals surface area contributed by atoms with Crippen LogP contribution in [0, 0.1) is 34.5 Å². The van der Waals surface area contributed by atoms with E-state index in [0.29, 0.717) is 17.8 Å². The summed E-state index contributed by atoms with van der Waals surface area (Å²) in [7, 11) is 0. The van der Waals surface area contributed by atoms with Gasteiger partial charge in [0.1, 0.15) is 5.60 Å². The average Bonchev–Trinajstić information content (AvgIpc) is 3.10. The van der Waals surface area contributed by atoms with Gasteiger partial charge in [-0.2, -0.15) is 0 Å². The highest BCUT2D eigenvalue weighted by Gasteiger charge is 2.64. The Morgan fingerprint density at radius 1 is 1.24 bits per heavy atom. The van der Waals surface area contributed by atoms with Crippen LogP contribution in [0.5, 0.6) is 0 Å². The Hall–Kier alpha value is -1.64. The summed E-state index contributed by atoms with van der Waals surface area (Å²) in [6.07, 6.45) is 13.4. The number of rotatable bonds is 0. The van der Waals surface area contributed by atoms with E-state index in [1.807, 2.05) is 0 Å². The van der Waals surface area contributed by atoms with Crippen molar-refractivity contribution in [3.05, 3.63) is 36.0 Å². The lowest BCUT2D eigenvalue weighted by atomic mass is 9.50. The van der Waals surface area contributed by atoms with Gasteiger partial charge >= 0.3 is 5.97 Å². The predicted octanol–water partition coefficient (Wildman–Crippen LogP) is 4.60. The molecule has 5 rings (SSSR count). The van der Waals surface area contributed by atoms with Gasteiger partial charge in [0.25, 0.3) is 0 Å². The van der Waals surface area contributed by atoms with E-state index in [2.05, 4.69) is 25.7 Å². The van der Waals surface area contributed by atoms with Gasteiger partial charge in [0.15, 0.2) is 0 Å². The summed E-state index contributed by atoms with van der Waals surface area (Å²) < 4.78 is 5.90. The van der Waals surface area contributed by atoms with Crippen molar-refractivity contribution in [1.29, 1.82) is 5.41 Å². The fourth-order valence-electron chi connectivity index (χ4n) is 7.08. The number of hydrogen-bond acceptors (Lipinski definition) is 3. The molecule has 25 heavy (non-hydrogen) atoms. The molecule has 1 spiro atoms. The van der Waals surface area contributed by atoms with Gasteiger partial charge in [-0.3, -0.25) is 0 Å². The quantitative estimate of drug-likeness (QED) is 0.657. The van der Waals surface area contributed by atoms with Crippen molar-refractivity contribution < 1.29 is 9.53 Å². The number of ether oxygens (including phenoxy) is 1. The first kappa shape index (κ1) is 15.6. The molecule has 4 aliphatic carbocycles. The highest BCUT2D eigenvalue weighted by atomic mass is 16.6. The maximum Gasteiger partial charge on any atom is 0.331 e. The number of carbonyl (C=O) groups excluding carboxylic acids is 1. The molecule has 1 N–H and O–H groups in total. The molecule has 3 unspecified atom stereocenters. The summed E-state index contributed by atoms with van der Waals surface area (Å²) in [5.74, 6) is 2.43. The zero-order valence-corrected chi connectivity index (χ0v) is 15.0. The van der Waals surface area contributed by atoms with Crippen molar-refractivity contribution in [2.45, 2.75) is 57.5 Å². The van der Waals surface area contributed by atoms with Crippen LogP contribution in [0.25, 0.3) is 0 Å². The summed E-state index contributed by atoms with van der Waals surface area (Å²) in [5, 5.41) is 8.04. The third-order valence-electron chi connectivity index (χ3n) is 8.31. The van der Waals surface area contributed by atoms with Crippen molar-refractivity contribution >= 4 is 11.7 Å². The Morgan fingerprint density at radius 3 is 2.84 bits per heavy atom. The first-order valence-electron chi connectivity index (χ1n) is 9.83. The zero-order chi connectivity index (χ0) is 17.4. The minimum absolute atomic E-state index is 0.0691. The molecule has 0 aromatic heterocycles. The first-order chi connectivity index (χ1) is 11.9. The molecule has 132 valence electrons. The van der Waals surface area contributed by atoms with Crippen LogP contribution in [0.2, 0.25) is 0 Å². The molecular formula is C22H27NO2. The van der Waals surface area contributed by atoms with E-state index < -0.39 is 0 Å². The van der Waals surface area contributed by atoms with Crippen molar-refractivity contribution in [2.75, 3.05) is 0 Å². The van der Waals surface area contributed by atoms with Gasteiger partial charge in [-0.1, -0.05) is 19.1 Å². The number of hydrogen-bond donors (Lipinski definition) is 1. The molecule has 3 saturated carbocycles. The fourth-order valence-corrected chi connectivity index (χ4v) is 7.08. The molecule has 0 amide bonds. The lowest BCUT2D eigenvalue weighted by Gasteiger charge is -2.55. The van der Waals surface area contributed by atoms with Gasteiger partial charge in [0.05, 0.1) is 0 Å². The Morgan fingerprint density at radius 2 is 2.08 bits per heavy atom. The Labute approximate surface area is 149 Å². The van der Waals surface area contributed by atoms with E-state index in [1.54, 1.807) is 6.08 Å². The minimum Gasteiger partial charge on any atom is -0.451 e. The monoisotopic (exact) mass is 337 g/mol. The molecule has 5 aliphatic rings. The summed E-state index contributed by atoms with van der Waals surface area (Å²) in [4.78, 5) is 11.8. The second-order valence-corrected chi connectivity index (χ2v) is 9.15. The van der Waals surface area contributed by atoms with E-state index in [4.69, 9.17) is 10.1 Å². The fraction of sp³-hybridized carbons (Fsp3) is 0.636. The largest absolute Gasteiger partial charge is 0.451 e. The van der Waals surface area contributed by atoms with Gasteiger partial charge in [0.2, 0.25) is 0 Å². The van der Waals surface area contributed by atoms with Crippen LogP contribution >= 0.6 is 0 Å². The summed E-state index contributed by atoms with van der Waals surface area (Å²) >= 11 is 0. The highest BCUT2D eigenvalue weighted by Crippen LogP contribution is 2.67. The van der Waals surface area contributed by atoms with Crippen LogP contribution in [0.1, 0.15) is 51.9 Å². The molecule has 6 atom stereocenters. The van der Waals surface area contributed by atoms with E-state index in [9.17, 15) is 4.79 Å². The summed E-state index contributed by atoms with van der Waals surface area (Å²) in [6.45, 7) is 6.77. The number of fused-ring (bicyclic) bond motifs is 6. The molecule has 3 heteroatoms. The van der Waals surface area contributed by atoms with Crippen LogP contribution in [-0.2, 0) is 9.53 Å². The predicted molar refractivity (Wildman–Crippen MR) is 97.3 cm³/mol. The van der Waals surface area contributed by atoms with Gasteiger partial charge in [-0.15, -0.1) is 0 Å². The zero-order valence-electron chi connectivity index (χ0n) is 15.0. The molecule has 0 radical (unpaired) electrons. The van der Waals surface area contributed by atoms with Crippen LogP contribution in [-0.4, -0.2) is 17.3 Å². The Balaban J connectivity index is 1.50. The Bertz CT molecular complexity index is 747. The second kappa shape index (κ2) is 4.96. The van der Waals surface area contributed by atoms with Crippen LogP contribution < -0.4 is 0 Å². The normalized spacial score (nSPS) is 48.0. The van der Waals surface area contributed by atoms with Crippen molar-refractivity contribution in [2.24, 2.45) is 29.1 Å². The highest BCUT2D eigenvalue weighted by molar-refractivity contribution is 5.94. The van der Waals surface area contributed by atoms with Crippen LogP contribution in [0.3, 0.4) is 0 Å². The van der Waals surface area contributed by atoms with Crippen molar-refractivity contribution in [1.82, 2.24) is 0 Å². The van der Waals surface area contributed by atoms with E-state index in [0.717, 1.165) is 50.2 Å². The van der Waals surface area contributed by atoms with Gasteiger partial charge < -0.3 is 10.1 Å². The summed E-state index contributed by atoms with van der Waals surface area (Å²) in [5.41, 5.74) is 3.13. The number of nitrogens with one attached hydrogen (secondary N) is 1. The third-order valence-corrected chi connectivity index (χ3v) is 8.31. The molecule has 3 nitrogen and oxygen atoms in total. The van der Waals surface area contributed by atoms with E-state index in [-0.39, 0.29) is 17.0 Å². The Kier molecular flexibility index (Phi) is 3.09. The van der Waals surface area contributed by atoms with Crippen molar-refractivity contribution in [3.63, 3.8) is 0 Å². The van der Waals surface area contributed by atoms with Crippen LogP contribution in [0.4, 0.5) is 0 Å². The van der Waals surface area contributed by atoms with Crippen molar-refractivity contribution in [3.8, 4) is 0 Å². The molecule has 1 aliphatic heterocycles. The molecule has 3 fully saturated rings. The number of esters is 1. The molecule has 0 bridgehead atoms. The average molecular weight is 337 g/mol. The first-order valence-corrected chi connectivity index (χ1v) is 9.83. The standard InChI is InChI=1S/C22H27NO2/c1-13-11-18-16(15-4-3-14(23)12-17(13)15)5-8-21(2)19(18)6-9-22(21)10-7-20(24)25-22/h7,10,12,15-16,18-19,23H,1,3-6,8-9,11H2,2H3/t15-,16?,18?,19?,21+,22-/m1/s1. The maximum absolute atomic E-state index is 11.8. The maximum atomic E-state index is 11.8. The molecule has 0 saturated heterocycles. The van der Waals surface area contributed by atoms with Gasteiger partial charge in [-0.25, -0.2) is 4.79 Å². The number of allylic oxidation sites excluding steroid dienone is 3. The lowest BCUT2D eigenvalue weighted by Crippen LogP contribution is -2.52. The van der Waals surface area contributed by atoms with E-state index >= 15 is 0 Å². The smallest absolute Gasteiger partial charge is 0.331 e. The summed E-state index contributed by atoms with van der Waals surface area (Å²) in [6, 6.07) is 0. The van der Waals surface area contributed by atoms with E-state index in [1.165, 1.54) is 17.6 Å². The van der Waals surface area contributed by atoms with Gasteiger partial charge in [0, 0.05) is 17.2 Å². The minimum atomic E-state index is -0.355. The number of carbonyl (C=O) groups is 1. The molecule has 0 aromatic rings. The lowest BCUT2D eigenvalue weighted by molar-refractivity contribution is -0.160. The van der Waals surface area contributed by atoms with Crippen LogP contribution in [0.15, 0.2) is 36.0 Å². The molecule has 1 heterocycles. The molecular weight excluding hydrogens is 310 g/mol. The molecule has 0 aromatic carbocycles. The third kappa shape index (κ3) is 1.93. The topological polar surface area (TPSA) is 50.2 Å². The second-order valence-electron chi connectivity index (χ2n) is 9.15. The van der Waals surface area contributed by atoms with Gasteiger partial charge in [-0.05, 0) is 86.3 Å². The SMILES string of the molecule is C=C1CC2C(CC[C@@]3(C)C2CC[C@@]32C=CC(=O)O2)[C@H]2CCC(=N)C=C12.